The third kappa shape index (κ3) is 5.67. The summed E-state index contributed by atoms with van der Waals surface area (Å²) in [5.41, 5.74) is 8.69. The number of rotatable bonds is 9. The van der Waals surface area contributed by atoms with Crippen LogP contribution in [0.2, 0.25) is 0 Å². The molecule has 0 saturated carbocycles. The highest BCUT2D eigenvalue weighted by atomic mass is 16.5. The van der Waals surface area contributed by atoms with Crippen LogP contribution in [0.3, 0.4) is 0 Å². The van der Waals surface area contributed by atoms with Gasteiger partial charge in [0.05, 0.1) is 25.3 Å². The molecule has 182 valence electrons. The van der Waals surface area contributed by atoms with E-state index in [4.69, 9.17) is 10.00 Å². The SMILES string of the molecule is COc1ccccc1CNC(=O)CCc1ccc(-c2ccc(C)cc2C)n1-c1ccc(CC#N)cc1. The van der Waals surface area contributed by atoms with E-state index in [1.165, 1.54) is 11.1 Å². The molecule has 0 aliphatic rings. The Hall–Kier alpha value is -4.30. The zero-order valence-electron chi connectivity index (χ0n) is 21.0. The lowest BCUT2D eigenvalue weighted by Crippen LogP contribution is -2.23. The van der Waals surface area contributed by atoms with Gasteiger partial charge in [-0.05, 0) is 61.7 Å². The second-order valence-corrected chi connectivity index (χ2v) is 8.95. The number of aromatic nitrogens is 1. The van der Waals surface area contributed by atoms with Crippen LogP contribution in [-0.4, -0.2) is 17.6 Å². The molecule has 3 aromatic carbocycles. The van der Waals surface area contributed by atoms with Crippen LogP contribution in [0.25, 0.3) is 16.9 Å². The quantitative estimate of drug-likeness (QED) is 0.317. The maximum atomic E-state index is 12.7. The lowest BCUT2D eigenvalue weighted by atomic mass is 10.0. The van der Waals surface area contributed by atoms with E-state index in [2.05, 4.69) is 60.1 Å². The Kier molecular flexibility index (Phi) is 7.87. The number of amides is 1. The number of para-hydroxylation sites is 1. The third-order valence-corrected chi connectivity index (χ3v) is 6.37. The Morgan fingerprint density at radius 1 is 1.00 bits per heavy atom. The normalized spacial score (nSPS) is 10.6. The Labute approximate surface area is 213 Å². The van der Waals surface area contributed by atoms with Crippen LogP contribution in [0.5, 0.6) is 5.75 Å². The van der Waals surface area contributed by atoms with Gasteiger partial charge in [0.1, 0.15) is 5.75 Å². The predicted octanol–water partition coefficient (Wildman–Crippen LogP) is 6.08. The maximum Gasteiger partial charge on any atom is 0.220 e. The standard InChI is InChI=1S/C31H31N3O2/c1-22-8-15-28(23(2)20-22)29-16-13-27(34(29)26-11-9-24(10-12-26)18-19-32)14-17-31(35)33-21-25-6-4-5-7-30(25)36-3/h4-13,15-16,20H,14,17-18,21H2,1-3H3,(H,33,35). The van der Waals surface area contributed by atoms with Gasteiger partial charge in [0, 0.05) is 35.5 Å². The zero-order chi connectivity index (χ0) is 25.5. The molecule has 4 aromatic rings. The fourth-order valence-corrected chi connectivity index (χ4v) is 4.52. The summed E-state index contributed by atoms with van der Waals surface area (Å²) in [7, 11) is 1.63. The molecule has 0 atom stereocenters. The number of benzene rings is 3. The molecule has 1 amide bonds. The minimum absolute atomic E-state index is 0.00825. The van der Waals surface area contributed by atoms with Crippen molar-refractivity contribution in [2.24, 2.45) is 0 Å². The van der Waals surface area contributed by atoms with Crippen LogP contribution in [0.4, 0.5) is 0 Å². The molecule has 1 heterocycles. The van der Waals surface area contributed by atoms with Gasteiger partial charge in [0.25, 0.3) is 0 Å². The number of hydrogen-bond donors (Lipinski definition) is 1. The number of aryl methyl sites for hydroxylation is 3. The van der Waals surface area contributed by atoms with E-state index in [0.717, 1.165) is 39.5 Å². The van der Waals surface area contributed by atoms with Crippen LogP contribution < -0.4 is 10.1 Å². The predicted molar refractivity (Wildman–Crippen MR) is 143 cm³/mol. The van der Waals surface area contributed by atoms with Gasteiger partial charge in [-0.15, -0.1) is 0 Å². The molecule has 0 bridgehead atoms. The molecule has 5 nitrogen and oxygen atoms in total. The van der Waals surface area contributed by atoms with Gasteiger partial charge in [-0.3, -0.25) is 4.79 Å². The number of nitrogens with zero attached hydrogens (tertiary/aromatic N) is 2. The molecular formula is C31H31N3O2. The topological polar surface area (TPSA) is 67.0 Å². The first-order valence-corrected chi connectivity index (χ1v) is 12.1. The summed E-state index contributed by atoms with van der Waals surface area (Å²) < 4.78 is 7.61. The maximum absolute atomic E-state index is 12.7. The summed E-state index contributed by atoms with van der Waals surface area (Å²) in [6.07, 6.45) is 1.36. The summed E-state index contributed by atoms with van der Waals surface area (Å²) in [6.45, 7) is 4.65. The van der Waals surface area contributed by atoms with Crippen molar-refractivity contribution >= 4 is 5.91 Å². The van der Waals surface area contributed by atoms with Gasteiger partial charge in [0.2, 0.25) is 5.91 Å². The summed E-state index contributed by atoms with van der Waals surface area (Å²) in [5.74, 6) is 0.760. The first kappa shape index (κ1) is 24.8. The second kappa shape index (κ2) is 11.4. The summed E-state index contributed by atoms with van der Waals surface area (Å²) in [6, 6.07) is 28.7. The number of nitriles is 1. The molecular weight excluding hydrogens is 446 g/mol. The van der Waals surface area contributed by atoms with Crippen molar-refractivity contribution < 1.29 is 9.53 Å². The molecule has 0 spiro atoms. The Morgan fingerprint density at radius 2 is 1.78 bits per heavy atom. The molecule has 5 heteroatoms. The van der Waals surface area contributed by atoms with Gasteiger partial charge in [0.15, 0.2) is 0 Å². The van der Waals surface area contributed by atoms with Gasteiger partial charge < -0.3 is 14.6 Å². The number of ether oxygens (including phenoxy) is 1. The average Bonchev–Trinajstić information content (AvgIpc) is 3.30. The minimum atomic E-state index is -0.00825. The zero-order valence-corrected chi connectivity index (χ0v) is 21.0. The van der Waals surface area contributed by atoms with Crippen molar-refractivity contribution in [2.45, 2.75) is 39.7 Å². The Morgan fingerprint density at radius 3 is 2.50 bits per heavy atom. The van der Waals surface area contributed by atoms with E-state index in [1.807, 2.05) is 48.5 Å². The van der Waals surface area contributed by atoms with Crippen LogP contribution >= 0.6 is 0 Å². The second-order valence-electron chi connectivity index (χ2n) is 8.95. The van der Waals surface area contributed by atoms with E-state index in [0.29, 0.717) is 25.8 Å². The lowest BCUT2D eigenvalue weighted by molar-refractivity contribution is -0.121. The largest absolute Gasteiger partial charge is 0.496 e. The van der Waals surface area contributed by atoms with Crippen LogP contribution in [0.15, 0.2) is 78.9 Å². The van der Waals surface area contributed by atoms with Crippen LogP contribution in [0, 0.1) is 25.2 Å². The molecule has 0 saturated heterocycles. The van der Waals surface area contributed by atoms with Gasteiger partial charge in [-0.2, -0.15) is 5.26 Å². The molecule has 0 aliphatic heterocycles. The van der Waals surface area contributed by atoms with Crippen molar-refractivity contribution in [1.29, 1.82) is 5.26 Å². The Bertz CT molecular complexity index is 1390. The molecule has 36 heavy (non-hydrogen) atoms. The summed E-state index contributed by atoms with van der Waals surface area (Å²) >= 11 is 0. The fourth-order valence-electron chi connectivity index (χ4n) is 4.52. The average molecular weight is 478 g/mol. The first-order chi connectivity index (χ1) is 17.5. The number of hydrogen-bond acceptors (Lipinski definition) is 3. The van der Waals surface area contributed by atoms with E-state index in [-0.39, 0.29) is 5.91 Å². The van der Waals surface area contributed by atoms with Gasteiger partial charge >= 0.3 is 0 Å². The summed E-state index contributed by atoms with van der Waals surface area (Å²) in [5, 5.41) is 12.1. The van der Waals surface area contributed by atoms with E-state index < -0.39 is 0 Å². The highest BCUT2D eigenvalue weighted by Gasteiger charge is 2.15. The lowest BCUT2D eigenvalue weighted by Gasteiger charge is -2.16. The van der Waals surface area contributed by atoms with Crippen LogP contribution in [0.1, 0.15) is 34.4 Å². The van der Waals surface area contributed by atoms with Crippen molar-refractivity contribution in [2.75, 3.05) is 7.11 Å². The fraction of sp³-hybridized carbons (Fsp3) is 0.226. The molecule has 0 aliphatic carbocycles. The third-order valence-electron chi connectivity index (χ3n) is 6.37. The highest BCUT2D eigenvalue weighted by Crippen LogP contribution is 2.30. The van der Waals surface area contributed by atoms with Crippen LogP contribution in [-0.2, 0) is 24.2 Å². The number of carbonyl (C=O) groups is 1. The van der Waals surface area contributed by atoms with Crippen molar-refractivity contribution in [3.63, 3.8) is 0 Å². The van der Waals surface area contributed by atoms with Gasteiger partial charge in [-0.25, -0.2) is 0 Å². The smallest absolute Gasteiger partial charge is 0.220 e. The monoisotopic (exact) mass is 477 g/mol. The van der Waals surface area contributed by atoms with E-state index in [1.54, 1.807) is 7.11 Å². The Balaban J connectivity index is 1.58. The van der Waals surface area contributed by atoms with Crippen molar-refractivity contribution in [1.82, 2.24) is 9.88 Å². The molecule has 0 radical (unpaired) electrons. The van der Waals surface area contributed by atoms with Crippen molar-refractivity contribution in [3.8, 4) is 28.8 Å². The first-order valence-electron chi connectivity index (χ1n) is 12.1. The summed E-state index contributed by atoms with van der Waals surface area (Å²) in [4.78, 5) is 12.7. The molecule has 1 aromatic heterocycles. The number of methoxy groups -OCH3 is 1. The number of carbonyl (C=O) groups excluding carboxylic acids is 1. The van der Waals surface area contributed by atoms with Crippen molar-refractivity contribution in [3.05, 3.63) is 107 Å². The number of nitrogens with one attached hydrogen (secondary N) is 1. The minimum Gasteiger partial charge on any atom is -0.496 e. The highest BCUT2D eigenvalue weighted by molar-refractivity contribution is 5.76. The molecule has 0 unspecified atom stereocenters. The van der Waals surface area contributed by atoms with Gasteiger partial charge in [-0.1, -0.05) is 54.1 Å². The van der Waals surface area contributed by atoms with E-state index >= 15 is 0 Å². The molecule has 0 fully saturated rings. The molecule has 1 N–H and O–H groups in total. The van der Waals surface area contributed by atoms with E-state index in [9.17, 15) is 4.79 Å². The molecule has 4 rings (SSSR count).